The number of phenols is 1. The number of anilines is 1. The Morgan fingerprint density at radius 1 is 1.32 bits per heavy atom. The minimum atomic E-state index is -0.442. The van der Waals surface area contributed by atoms with Crippen LogP contribution in [0.2, 0.25) is 5.02 Å². The van der Waals surface area contributed by atoms with Gasteiger partial charge in [0.2, 0.25) is 0 Å². The summed E-state index contributed by atoms with van der Waals surface area (Å²) in [5.74, 6) is -0.218. The van der Waals surface area contributed by atoms with E-state index in [4.69, 9.17) is 16.3 Å². The van der Waals surface area contributed by atoms with E-state index in [0.29, 0.717) is 22.8 Å². The van der Waals surface area contributed by atoms with Gasteiger partial charge in [-0.1, -0.05) is 23.7 Å². The van der Waals surface area contributed by atoms with Crippen LogP contribution in [-0.4, -0.2) is 12.2 Å². The molecule has 0 bridgehead atoms. The maximum Gasteiger partial charge on any atom is 0.167 e. The molecule has 0 radical (unpaired) electrons. The third kappa shape index (κ3) is 3.09. The summed E-state index contributed by atoms with van der Waals surface area (Å²) in [7, 11) is 1.41. The van der Waals surface area contributed by atoms with Gasteiger partial charge in [-0.15, -0.1) is 0 Å². The fourth-order valence-corrected chi connectivity index (χ4v) is 1.87. The highest BCUT2D eigenvalue weighted by Crippen LogP contribution is 2.28. The molecule has 0 atom stereocenters. The van der Waals surface area contributed by atoms with Crippen LogP contribution < -0.4 is 10.1 Å². The summed E-state index contributed by atoms with van der Waals surface area (Å²) in [5.41, 5.74) is 1.24. The smallest absolute Gasteiger partial charge is 0.167 e. The Morgan fingerprint density at radius 3 is 2.79 bits per heavy atom. The van der Waals surface area contributed by atoms with Crippen LogP contribution in [0.1, 0.15) is 5.56 Å². The second-order valence-electron chi connectivity index (χ2n) is 3.95. The Kier molecular flexibility index (Phi) is 4.12. The predicted octanol–water partition coefficient (Wildman–Crippen LogP) is 3.81. The van der Waals surface area contributed by atoms with Gasteiger partial charge in [-0.2, -0.15) is 0 Å². The zero-order valence-corrected chi connectivity index (χ0v) is 11.0. The third-order valence-corrected chi connectivity index (χ3v) is 3.01. The average Bonchev–Trinajstić information content (AvgIpc) is 2.40. The van der Waals surface area contributed by atoms with E-state index in [1.54, 1.807) is 24.3 Å². The van der Waals surface area contributed by atoms with Crippen LogP contribution in [0.4, 0.5) is 10.1 Å². The number of halogens is 2. The largest absolute Gasteiger partial charge is 0.506 e. The van der Waals surface area contributed by atoms with Crippen LogP contribution in [0.3, 0.4) is 0 Å². The number of ether oxygens (including phenoxy) is 1. The van der Waals surface area contributed by atoms with Gasteiger partial charge in [0.25, 0.3) is 0 Å². The number of nitrogens with one attached hydrogen (secondary N) is 1. The van der Waals surface area contributed by atoms with Gasteiger partial charge in [0, 0.05) is 23.9 Å². The molecule has 0 amide bonds. The van der Waals surface area contributed by atoms with Gasteiger partial charge >= 0.3 is 0 Å². The molecule has 0 aliphatic rings. The summed E-state index contributed by atoms with van der Waals surface area (Å²) < 4.78 is 18.3. The molecule has 100 valence electrons. The first kappa shape index (κ1) is 13.5. The number of para-hydroxylation sites is 1. The maximum atomic E-state index is 13.5. The first-order valence-electron chi connectivity index (χ1n) is 5.65. The van der Waals surface area contributed by atoms with Gasteiger partial charge in [0.1, 0.15) is 5.75 Å². The molecule has 0 aromatic heterocycles. The maximum absolute atomic E-state index is 13.5. The van der Waals surface area contributed by atoms with Crippen LogP contribution in [-0.2, 0) is 6.54 Å². The van der Waals surface area contributed by atoms with E-state index in [9.17, 15) is 9.50 Å². The van der Waals surface area contributed by atoms with Crippen molar-refractivity contribution in [2.45, 2.75) is 6.54 Å². The fourth-order valence-electron chi connectivity index (χ4n) is 1.68. The van der Waals surface area contributed by atoms with E-state index in [2.05, 4.69) is 5.32 Å². The molecule has 0 aliphatic carbocycles. The summed E-state index contributed by atoms with van der Waals surface area (Å²) in [5, 5.41) is 13.0. The van der Waals surface area contributed by atoms with Crippen molar-refractivity contribution in [3.05, 3.63) is 52.8 Å². The number of rotatable bonds is 4. The number of hydrogen-bond acceptors (Lipinski definition) is 3. The fraction of sp³-hybridized carbons (Fsp3) is 0.143. The SMILES string of the molecule is COc1ccc(NCc2cccc(Cl)c2O)cc1F. The predicted molar refractivity (Wildman–Crippen MR) is 73.4 cm³/mol. The van der Waals surface area contributed by atoms with Crippen LogP contribution in [0.5, 0.6) is 11.5 Å². The Bertz CT molecular complexity index is 590. The highest BCUT2D eigenvalue weighted by Gasteiger charge is 2.06. The second-order valence-corrected chi connectivity index (χ2v) is 4.36. The summed E-state index contributed by atoms with van der Waals surface area (Å²) in [6.07, 6.45) is 0. The van der Waals surface area contributed by atoms with Crippen molar-refractivity contribution in [3.63, 3.8) is 0 Å². The second kappa shape index (κ2) is 5.80. The molecule has 2 rings (SSSR count). The third-order valence-electron chi connectivity index (χ3n) is 2.71. The number of aromatic hydroxyl groups is 1. The van der Waals surface area contributed by atoms with Gasteiger partial charge in [-0.3, -0.25) is 0 Å². The van der Waals surface area contributed by atoms with E-state index in [-0.39, 0.29) is 11.5 Å². The molecule has 0 saturated carbocycles. The summed E-state index contributed by atoms with van der Waals surface area (Å²) in [4.78, 5) is 0. The van der Waals surface area contributed by atoms with E-state index in [1.807, 2.05) is 0 Å². The first-order valence-corrected chi connectivity index (χ1v) is 6.03. The highest BCUT2D eigenvalue weighted by atomic mass is 35.5. The van der Waals surface area contributed by atoms with Crippen LogP contribution >= 0.6 is 11.6 Å². The lowest BCUT2D eigenvalue weighted by molar-refractivity contribution is 0.386. The molecular weight excluding hydrogens is 269 g/mol. The number of benzene rings is 2. The van der Waals surface area contributed by atoms with Crippen molar-refractivity contribution in [1.82, 2.24) is 0 Å². The van der Waals surface area contributed by atoms with E-state index in [0.717, 1.165) is 0 Å². The molecule has 2 aromatic carbocycles. The number of phenolic OH excluding ortho intramolecular Hbond substituents is 1. The number of methoxy groups -OCH3 is 1. The standard InChI is InChI=1S/C14H13ClFNO2/c1-19-13-6-5-10(7-12(13)16)17-8-9-3-2-4-11(15)14(9)18/h2-7,17-18H,8H2,1H3. The van der Waals surface area contributed by atoms with Crippen LogP contribution in [0.25, 0.3) is 0 Å². The van der Waals surface area contributed by atoms with E-state index < -0.39 is 5.82 Å². The number of hydrogen-bond donors (Lipinski definition) is 2. The molecule has 0 heterocycles. The molecule has 2 aromatic rings. The lowest BCUT2D eigenvalue weighted by Crippen LogP contribution is -2.00. The first-order chi connectivity index (χ1) is 9.11. The van der Waals surface area contributed by atoms with Crippen molar-refractivity contribution in [1.29, 1.82) is 0 Å². The highest BCUT2D eigenvalue weighted by molar-refractivity contribution is 6.32. The van der Waals surface area contributed by atoms with E-state index in [1.165, 1.54) is 19.2 Å². The normalized spacial score (nSPS) is 10.3. The topological polar surface area (TPSA) is 41.5 Å². The lowest BCUT2D eigenvalue weighted by atomic mass is 10.2. The quantitative estimate of drug-likeness (QED) is 0.895. The molecule has 0 spiro atoms. The molecule has 3 nitrogen and oxygen atoms in total. The van der Waals surface area contributed by atoms with Gasteiger partial charge in [-0.25, -0.2) is 4.39 Å². The molecule has 0 saturated heterocycles. The summed E-state index contributed by atoms with van der Waals surface area (Å²) in [6.45, 7) is 0.345. The summed E-state index contributed by atoms with van der Waals surface area (Å²) in [6, 6.07) is 9.66. The van der Waals surface area contributed by atoms with Crippen molar-refractivity contribution in [2.75, 3.05) is 12.4 Å². The van der Waals surface area contributed by atoms with Crippen molar-refractivity contribution in [3.8, 4) is 11.5 Å². The zero-order valence-electron chi connectivity index (χ0n) is 10.3. The molecule has 0 aliphatic heterocycles. The van der Waals surface area contributed by atoms with Crippen LogP contribution in [0, 0.1) is 5.82 Å². The van der Waals surface area contributed by atoms with Gasteiger partial charge in [0.05, 0.1) is 12.1 Å². The lowest BCUT2D eigenvalue weighted by Gasteiger charge is -2.10. The molecule has 0 fully saturated rings. The molecule has 0 unspecified atom stereocenters. The molecule has 5 heteroatoms. The molecule has 19 heavy (non-hydrogen) atoms. The van der Waals surface area contributed by atoms with Gasteiger partial charge in [-0.05, 0) is 18.2 Å². The van der Waals surface area contributed by atoms with Crippen molar-refractivity contribution >= 4 is 17.3 Å². The zero-order chi connectivity index (χ0) is 13.8. The Labute approximate surface area is 115 Å². The van der Waals surface area contributed by atoms with Crippen molar-refractivity contribution < 1.29 is 14.2 Å². The van der Waals surface area contributed by atoms with Crippen LogP contribution in [0.15, 0.2) is 36.4 Å². The Morgan fingerprint density at radius 2 is 2.11 bits per heavy atom. The van der Waals surface area contributed by atoms with Crippen molar-refractivity contribution in [2.24, 2.45) is 0 Å². The minimum absolute atomic E-state index is 0.0330. The van der Waals surface area contributed by atoms with E-state index >= 15 is 0 Å². The Hall–Kier alpha value is -1.94. The average molecular weight is 282 g/mol. The molecular formula is C14H13ClFNO2. The summed E-state index contributed by atoms with van der Waals surface area (Å²) >= 11 is 5.81. The van der Waals surface area contributed by atoms with Gasteiger partial charge in [0.15, 0.2) is 11.6 Å². The minimum Gasteiger partial charge on any atom is -0.506 e. The monoisotopic (exact) mass is 281 g/mol. The molecule has 2 N–H and O–H groups in total. The Balaban J connectivity index is 2.10. The van der Waals surface area contributed by atoms with Gasteiger partial charge < -0.3 is 15.2 Å².